The van der Waals surface area contributed by atoms with Crippen molar-refractivity contribution in [3.05, 3.63) is 42.2 Å². The lowest BCUT2D eigenvalue weighted by atomic mass is 10.2. The topological polar surface area (TPSA) is 116 Å². The molecule has 1 N–H and O–H groups in total. The van der Waals surface area contributed by atoms with E-state index in [4.69, 9.17) is 13.8 Å². The Kier molecular flexibility index (Phi) is 4.39. The minimum Gasteiger partial charge on any atom is -0.362 e. The molecule has 0 aliphatic heterocycles. The summed E-state index contributed by atoms with van der Waals surface area (Å²) in [5.74, 6) is 1.31. The highest BCUT2D eigenvalue weighted by Crippen LogP contribution is 2.14. The van der Waals surface area contributed by atoms with Crippen molar-refractivity contribution in [2.24, 2.45) is 0 Å². The number of aromatic nitrogens is 4. The van der Waals surface area contributed by atoms with Gasteiger partial charge in [-0.1, -0.05) is 10.3 Å². The van der Waals surface area contributed by atoms with Crippen LogP contribution in [0.3, 0.4) is 0 Å². The number of aryl methyl sites for hydroxylation is 1. The normalized spacial score (nSPS) is 10.7. The van der Waals surface area contributed by atoms with Gasteiger partial charge in [-0.25, -0.2) is 0 Å². The molecule has 0 saturated heterocycles. The van der Waals surface area contributed by atoms with Gasteiger partial charge in [-0.05, 0) is 19.1 Å². The zero-order valence-electron chi connectivity index (χ0n) is 12.2. The van der Waals surface area contributed by atoms with E-state index in [-0.39, 0.29) is 25.0 Å². The summed E-state index contributed by atoms with van der Waals surface area (Å²) >= 11 is 0. The Balaban J connectivity index is 1.47. The molecular formula is C14H13N5O4. The Hall–Kier alpha value is -3.07. The van der Waals surface area contributed by atoms with Gasteiger partial charge < -0.3 is 19.1 Å². The first-order chi connectivity index (χ1) is 11.2. The van der Waals surface area contributed by atoms with Gasteiger partial charge in [0.1, 0.15) is 19.0 Å². The van der Waals surface area contributed by atoms with Crippen LogP contribution in [0.2, 0.25) is 0 Å². The summed E-state index contributed by atoms with van der Waals surface area (Å²) in [5, 5.41) is 10.0. The van der Waals surface area contributed by atoms with Crippen molar-refractivity contribution in [2.45, 2.75) is 13.5 Å². The molecule has 0 atom stereocenters. The number of carbonyl (C=O) groups excluding carboxylic acids is 1. The quantitative estimate of drug-likeness (QED) is 0.728. The zero-order chi connectivity index (χ0) is 16.1. The second-order valence-electron chi connectivity index (χ2n) is 4.61. The lowest BCUT2D eigenvalue weighted by molar-refractivity contribution is -0.121. The molecule has 0 aliphatic carbocycles. The standard InChI is InChI=1S/C14H13N5O4/c1-9-6-11(18-22-9)16-12(20)7-21-8-13-17-14(19-23-13)10-2-4-15-5-3-10/h2-6H,7-8H2,1H3,(H,16,18,20). The van der Waals surface area contributed by atoms with E-state index < -0.39 is 0 Å². The van der Waals surface area contributed by atoms with Crippen LogP contribution in [0.5, 0.6) is 0 Å². The van der Waals surface area contributed by atoms with Gasteiger partial charge in [0.05, 0.1) is 0 Å². The van der Waals surface area contributed by atoms with E-state index in [1.165, 1.54) is 0 Å². The predicted octanol–water partition coefficient (Wildman–Crippen LogP) is 1.58. The molecule has 23 heavy (non-hydrogen) atoms. The van der Waals surface area contributed by atoms with E-state index in [1.807, 2.05) is 0 Å². The van der Waals surface area contributed by atoms with Crippen molar-refractivity contribution < 1.29 is 18.6 Å². The fraction of sp³-hybridized carbons (Fsp3) is 0.214. The van der Waals surface area contributed by atoms with Crippen LogP contribution < -0.4 is 5.32 Å². The summed E-state index contributed by atoms with van der Waals surface area (Å²) in [6.07, 6.45) is 3.27. The number of carbonyl (C=O) groups is 1. The number of rotatable bonds is 6. The molecule has 3 aromatic rings. The van der Waals surface area contributed by atoms with Crippen LogP contribution >= 0.6 is 0 Å². The van der Waals surface area contributed by atoms with Crippen LogP contribution in [0.4, 0.5) is 5.82 Å². The Morgan fingerprint density at radius 1 is 1.26 bits per heavy atom. The maximum atomic E-state index is 11.6. The first kappa shape index (κ1) is 14.9. The number of hydrogen-bond donors (Lipinski definition) is 1. The summed E-state index contributed by atoms with van der Waals surface area (Å²) in [6.45, 7) is 1.59. The minimum absolute atomic E-state index is 0.0311. The highest BCUT2D eigenvalue weighted by Gasteiger charge is 2.10. The van der Waals surface area contributed by atoms with Crippen LogP contribution in [0.25, 0.3) is 11.4 Å². The van der Waals surface area contributed by atoms with Crippen LogP contribution in [-0.4, -0.2) is 32.8 Å². The summed E-state index contributed by atoms with van der Waals surface area (Å²) in [7, 11) is 0. The minimum atomic E-state index is -0.354. The molecule has 0 unspecified atom stereocenters. The van der Waals surface area contributed by atoms with E-state index in [9.17, 15) is 4.79 Å². The molecular weight excluding hydrogens is 302 g/mol. The van der Waals surface area contributed by atoms with E-state index >= 15 is 0 Å². The molecule has 3 heterocycles. The van der Waals surface area contributed by atoms with Crippen molar-refractivity contribution in [3.63, 3.8) is 0 Å². The van der Waals surface area contributed by atoms with Gasteiger partial charge in [0.15, 0.2) is 5.82 Å². The molecule has 0 spiro atoms. The summed E-state index contributed by atoms with van der Waals surface area (Å²) < 4.78 is 15.1. The van der Waals surface area contributed by atoms with Crippen molar-refractivity contribution in [2.75, 3.05) is 11.9 Å². The number of nitrogens with one attached hydrogen (secondary N) is 1. The maximum Gasteiger partial charge on any atom is 0.252 e. The molecule has 0 radical (unpaired) electrons. The lowest BCUT2D eigenvalue weighted by Crippen LogP contribution is -2.18. The molecule has 0 bridgehead atoms. The predicted molar refractivity (Wildman–Crippen MR) is 77.1 cm³/mol. The van der Waals surface area contributed by atoms with Gasteiger partial charge in [-0.2, -0.15) is 4.98 Å². The van der Waals surface area contributed by atoms with E-state index in [1.54, 1.807) is 37.5 Å². The third kappa shape index (κ3) is 3.98. The first-order valence-corrected chi connectivity index (χ1v) is 6.74. The third-order valence-corrected chi connectivity index (χ3v) is 2.76. The average molecular weight is 315 g/mol. The van der Waals surface area contributed by atoms with Crippen molar-refractivity contribution in [1.82, 2.24) is 20.3 Å². The van der Waals surface area contributed by atoms with Crippen molar-refractivity contribution in [3.8, 4) is 11.4 Å². The van der Waals surface area contributed by atoms with Gasteiger partial charge in [-0.15, -0.1) is 0 Å². The van der Waals surface area contributed by atoms with E-state index in [0.717, 1.165) is 5.56 Å². The first-order valence-electron chi connectivity index (χ1n) is 6.74. The van der Waals surface area contributed by atoms with Gasteiger partial charge in [0.25, 0.3) is 11.8 Å². The second-order valence-corrected chi connectivity index (χ2v) is 4.61. The second kappa shape index (κ2) is 6.79. The van der Waals surface area contributed by atoms with Gasteiger partial charge >= 0.3 is 0 Å². The molecule has 118 valence electrons. The van der Waals surface area contributed by atoms with Gasteiger partial charge in [0, 0.05) is 24.0 Å². The molecule has 3 aromatic heterocycles. The van der Waals surface area contributed by atoms with Crippen molar-refractivity contribution in [1.29, 1.82) is 0 Å². The zero-order valence-corrected chi connectivity index (χ0v) is 12.2. The van der Waals surface area contributed by atoms with Gasteiger partial charge in [0.2, 0.25) is 5.82 Å². The molecule has 1 amide bonds. The average Bonchev–Trinajstić information content (AvgIpc) is 3.17. The smallest absolute Gasteiger partial charge is 0.252 e. The monoisotopic (exact) mass is 315 g/mol. The summed E-state index contributed by atoms with van der Waals surface area (Å²) in [6, 6.07) is 5.14. The molecule has 0 aromatic carbocycles. The van der Waals surface area contributed by atoms with Gasteiger partial charge in [-0.3, -0.25) is 9.78 Å². The third-order valence-electron chi connectivity index (χ3n) is 2.76. The molecule has 0 aliphatic rings. The van der Waals surface area contributed by atoms with E-state index in [2.05, 4.69) is 25.6 Å². The van der Waals surface area contributed by atoms with Crippen LogP contribution in [0, 0.1) is 6.92 Å². The molecule has 3 rings (SSSR count). The lowest BCUT2D eigenvalue weighted by Gasteiger charge is -2.00. The maximum absolute atomic E-state index is 11.6. The molecule has 0 fully saturated rings. The number of amides is 1. The Morgan fingerprint density at radius 3 is 2.83 bits per heavy atom. The Bertz CT molecular complexity index is 783. The van der Waals surface area contributed by atoms with Crippen LogP contribution in [-0.2, 0) is 16.1 Å². The Morgan fingerprint density at radius 2 is 2.09 bits per heavy atom. The largest absolute Gasteiger partial charge is 0.362 e. The highest BCUT2D eigenvalue weighted by atomic mass is 16.5. The van der Waals surface area contributed by atoms with E-state index in [0.29, 0.717) is 17.4 Å². The fourth-order valence-corrected chi connectivity index (χ4v) is 1.77. The number of hydrogen-bond acceptors (Lipinski definition) is 8. The van der Waals surface area contributed by atoms with Crippen LogP contribution in [0.15, 0.2) is 39.6 Å². The number of pyridine rings is 1. The molecule has 9 nitrogen and oxygen atoms in total. The van der Waals surface area contributed by atoms with Crippen molar-refractivity contribution >= 4 is 11.7 Å². The Labute approximate surface area is 130 Å². The summed E-state index contributed by atoms with van der Waals surface area (Å²) in [4.78, 5) is 19.7. The number of nitrogens with zero attached hydrogens (tertiary/aromatic N) is 4. The SMILES string of the molecule is Cc1cc(NC(=O)COCc2nc(-c3ccncc3)no2)no1. The highest BCUT2D eigenvalue weighted by molar-refractivity contribution is 5.90. The number of anilines is 1. The van der Waals surface area contributed by atoms with Crippen LogP contribution in [0.1, 0.15) is 11.7 Å². The summed E-state index contributed by atoms with van der Waals surface area (Å²) in [5.41, 5.74) is 0.786. The molecule has 0 saturated carbocycles. The fourth-order valence-electron chi connectivity index (χ4n) is 1.77. The molecule has 9 heteroatoms. The number of ether oxygens (including phenoxy) is 1.